The Kier molecular flexibility index (Phi) is 6.01. The van der Waals surface area contributed by atoms with Crippen LogP contribution < -0.4 is 15.4 Å². The van der Waals surface area contributed by atoms with Gasteiger partial charge in [0.2, 0.25) is 0 Å². The molecule has 2 amide bonds. The fourth-order valence-corrected chi connectivity index (χ4v) is 2.73. The van der Waals surface area contributed by atoms with Gasteiger partial charge in [-0.05, 0) is 51.8 Å². The molecule has 25 heavy (non-hydrogen) atoms. The Morgan fingerprint density at radius 3 is 2.72 bits per heavy atom. The van der Waals surface area contributed by atoms with E-state index in [1.54, 1.807) is 6.92 Å². The van der Waals surface area contributed by atoms with Crippen LogP contribution in [0.1, 0.15) is 30.8 Å². The number of aromatic nitrogens is 2. The van der Waals surface area contributed by atoms with Crippen LogP contribution >= 0.6 is 0 Å². The molecule has 2 N–H and O–H groups in total. The number of urea groups is 1. The van der Waals surface area contributed by atoms with Crippen LogP contribution in [0.25, 0.3) is 0 Å². The average molecular weight is 348 g/mol. The summed E-state index contributed by atoms with van der Waals surface area (Å²) in [4.78, 5) is 12.2. The molecule has 1 atom stereocenters. The van der Waals surface area contributed by atoms with Gasteiger partial charge in [-0.1, -0.05) is 0 Å². The van der Waals surface area contributed by atoms with E-state index in [2.05, 4.69) is 15.7 Å². The van der Waals surface area contributed by atoms with Crippen LogP contribution in [0.15, 0.2) is 18.2 Å². The van der Waals surface area contributed by atoms with Gasteiger partial charge in [-0.25, -0.2) is 9.18 Å². The van der Waals surface area contributed by atoms with Gasteiger partial charge in [0.05, 0.1) is 18.0 Å². The van der Waals surface area contributed by atoms with E-state index >= 15 is 0 Å². The molecule has 7 heteroatoms. The topological polar surface area (TPSA) is 68.2 Å². The first-order valence-electron chi connectivity index (χ1n) is 8.30. The highest BCUT2D eigenvalue weighted by molar-refractivity contribution is 5.91. The van der Waals surface area contributed by atoms with Crippen molar-refractivity contribution in [2.24, 2.45) is 7.05 Å². The minimum Gasteiger partial charge on any atom is -0.492 e. The summed E-state index contributed by atoms with van der Waals surface area (Å²) in [6, 6.07) is 3.58. The molecule has 1 aromatic carbocycles. The molecular formula is C18H25FN4O2. The van der Waals surface area contributed by atoms with Crippen LogP contribution in [-0.4, -0.2) is 28.5 Å². The second-order valence-corrected chi connectivity index (χ2v) is 6.05. The monoisotopic (exact) mass is 348 g/mol. The van der Waals surface area contributed by atoms with Gasteiger partial charge < -0.3 is 15.4 Å². The minimum absolute atomic E-state index is 0.0856. The lowest BCUT2D eigenvalue weighted by Gasteiger charge is -2.16. The number of benzene rings is 1. The van der Waals surface area contributed by atoms with Crippen molar-refractivity contribution >= 4 is 11.7 Å². The van der Waals surface area contributed by atoms with Crippen molar-refractivity contribution in [3.63, 3.8) is 0 Å². The number of anilines is 1. The molecule has 2 rings (SSSR count). The third-order valence-electron chi connectivity index (χ3n) is 4.04. The van der Waals surface area contributed by atoms with Gasteiger partial charge >= 0.3 is 6.03 Å². The molecule has 0 spiro atoms. The van der Waals surface area contributed by atoms with Crippen LogP contribution in [0.5, 0.6) is 5.75 Å². The van der Waals surface area contributed by atoms with Crippen molar-refractivity contribution in [1.82, 2.24) is 15.1 Å². The highest BCUT2D eigenvalue weighted by atomic mass is 19.1. The zero-order chi connectivity index (χ0) is 18.6. The van der Waals surface area contributed by atoms with Crippen LogP contribution in [0, 0.1) is 19.7 Å². The zero-order valence-corrected chi connectivity index (χ0v) is 15.3. The summed E-state index contributed by atoms with van der Waals surface area (Å²) in [5, 5.41) is 9.99. The number of amides is 2. The van der Waals surface area contributed by atoms with E-state index in [0.29, 0.717) is 24.5 Å². The lowest BCUT2D eigenvalue weighted by atomic mass is 10.1. The SMILES string of the molecule is CCOc1cc(F)ccc1NC(=O)N[C@@H](C)Cc1c(C)nn(C)c1C. The second kappa shape index (κ2) is 8.00. The van der Waals surface area contributed by atoms with Crippen LogP contribution in [0.3, 0.4) is 0 Å². The van der Waals surface area contributed by atoms with Gasteiger partial charge in [-0.2, -0.15) is 5.10 Å². The smallest absolute Gasteiger partial charge is 0.319 e. The summed E-state index contributed by atoms with van der Waals surface area (Å²) in [7, 11) is 1.90. The molecule has 0 bridgehead atoms. The Morgan fingerprint density at radius 1 is 1.40 bits per heavy atom. The number of nitrogens with one attached hydrogen (secondary N) is 2. The van der Waals surface area contributed by atoms with Gasteiger partial charge in [0, 0.05) is 24.8 Å². The van der Waals surface area contributed by atoms with Gasteiger partial charge in [0.1, 0.15) is 11.6 Å². The Hall–Kier alpha value is -2.57. The summed E-state index contributed by atoms with van der Waals surface area (Å²) >= 11 is 0. The van der Waals surface area contributed by atoms with Crippen LogP contribution in [0.2, 0.25) is 0 Å². The molecule has 2 aromatic rings. The molecule has 0 aliphatic rings. The molecule has 1 heterocycles. The Balaban J connectivity index is 2.00. The first-order chi connectivity index (χ1) is 11.8. The van der Waals surface area contributed by atoms with Gasteiger partial charge in [0.15, 0.2) is 0 Å². The fourth-order valence-electron chi connectivity index (χ4n) is 2.73. The first-order valence-corrected chi connectivity index (χ1v) is 8.30. The number of ether oxygens (including phenoxy) is 1. The molecule has 0 saturated heterocycles. The molecule has 1 aromatic heterocycles. The lowest BCUT2D eigenvalue weighted by Crippen LogP contribution is -2.37. The molecule has 0 aliphatic carbocycles. The van der Waals surface area contributed by atoms with E-state index < -0.39 is 5.82 Å². The van der Waals surface area contributed by atoms with E-state index in [0.717, 1.165) is 17.0 Å². The minimum atomic E-state index is -0.412. The number of hydrogen-bond donors (Lipinski definition) is 2. The molecule has 0 fully saturated rings. The quantitative estimate of drug-likeness (QED) is 0.841. The predicted octanol–water partition coefficient (Wildman–Crippen LogP) is 3.33. The van der Waals surface area contributed by atoms with E-state index in [1.807, 2.05) is 32.5 Å². The van der Waals surface area contributed by atoms with Crippen LogP contribution in [-0.2, 0) is 13.5 Å². The number of carbonyl (C=O) groups is 1. The first kappa shape index (κ1) is 18.8. The summed E-state index contributed by atoms with van der Waals surface area (Å²) < 4.78 is 20.5. The highest BCUT2D eigenvalue weighted by Crippen LogP contribution is 2.25. The normalized spacial score (nSPS) is 11.9. The summed E-state index contributed by atoms with van der Waals surface area (Å²) in [6.45, 7) is 8.09. The summed E-state index contributed by atoms with van der Waals surface area (Å²) in [5.41, 5.74) is 3.61. The number of nitrogens with zero attached hydrogens (tertiary/aromatic N) is 2. The van der Waals surface area contributed by atoms with E-state index in [9.17, 15) is 9.18 Å². The van der Waals surface area contributed by atoms with Crippen molar-refractivity contribution < 1.29 is 13.9 Å². The third-order valence-corrected chi connectivity index (χ3v) is 4.04. The molecule has 0 radical (unpaired) electrons. The Labute approximate surface area is 147 Å². The van der Waals surface area contributed by atoms with Crippen molar-refractivity contribution in [1.29, 1.82) is 0 Å². The number of carbonyl (C=O) groups excluding carboxylic acids is 1. The lowest BCUT2D eigenvalue weighted by molar-refractivity contribution is 0.249. The number of rotatable bonds is 6. The number of hydrogen-bond acceptors (Lipinski definition) is 3. The van der Waals surface area contributed by atoms with E-state index in [-0.39, 0.29) is 12.1 Å². The van der Waals surface area contributed by atoms with Gasteiger partial charge in [0.25, 0.3) is 0 Å². The molecule has 6 nitrogen and oxygen atoms in total. The standard InChI is InChI=1S/C18H25FN4O2/c1-6-25-17-10-14(19)7-8-16(17)21-18(24)20-11(2)9-15-12(3)22-23(5)13(15)4/h7-8,10-11H,6,9H2,1-5H3,(H2,20,21,24)/t11-/m0/s1. The van der Waals surface area contributed by atoms with Crippen molar-refractivity contribution in [2.45, 2.75) is 40.2 Å². The largest absolute Gasteiger partial charge is 0.492 e. The third kappa shape index (κ3) is 4.71. The molecule has 0 saturated carbocycles. The maximum Gasteiger partial charge on any atom is 0.319 e. The van der Waals surface area contributed by atoms with E-state index in [4.69, 9.17) is 4.74 Å². The Morgan fingerprint density at radius 2 is 2.12 bits per heavy atom. The molecular weight excluding hydrogens is 323 g/mol. The number of halogens is 1. The molecule has 136 valence electrons. The van der Waals surface area contributed by atoms with Crippen LogP contribution in [0.4, 0.5) is 14.9 Å². The van der Waals surface area contributed by atoms with Crippen molar-refractivity contribution in [3.05, 3.63) is 41.0 Å². The fraction of sp³-hybridized carbons (Fsp3) is 0.444. The molecule has 0 aliphatic heterocycles. The van der Waals surface area contributed by atoms with Crippen molar-refractivity contribution in [3.8, 4) is 5.75 Å². The number of aryl methyl sites for hydroxylation is 2. The second-order valence-electron chi connectivity index (χ2n) is 6.05. The van der Waals surface area contributed by atoms with Crippen molar-refractivity contribution in [2.75, 3.05) is 11.9 Å². The summed E-state index contributed by atoms with van der Waals surface area (Å²) in [5.74, 6) is -0.102. The maximum atomic E-state index is 13.3. The maximum absolute atomic E-state index is 13.3. The predicted molar refractivity (Wildman–Crippen MR) is 95.6 cm³/mol. The summed E-state index contributed by atoms with van der Waals surface area (Å²) in [6.07, 6.45) is 0.681. The highest BCUT2D eigenvalue weighted by Gasteiger charge is 2.16. The van der Waals surface area contributed by atoms with Gasteiger partial charge in [-0.3, -0.25) is 4.68 Å². The van der Waals surface area contributed by atoms with Gasteiger partial charge in [-0.15, -0.1) is 0 Å². The Bertz CT molecular complexity index is 758. The zero-order valence-electron chi connectivity index (χ0n) is 15.3. The average Bonchev–Trinajstić information content (AvgIpc) is 2.76. The molecule has 0 unspecified atom stereocenters. The van der Waals surface area contributed by atoms with E-state index in [1.165, 1.54) is 18.2 Å².